The molecule has 3 aliphatic heterocycles. The van der Waals surface area contributed by atoms with Gasteiger partial charge in [-0.3, -0.25) is 19.8 Å². The van der Waals surface area contributed by atoms with Crippen LogP contribution in [0.3, 0.4) is 0 Å². The van der Waals surface area contributed by atoms with Gasteiger partial charge in [-0.15, -0.1) is 23.5 Å². The van der Waals surface area contributed by atoms with E-state index >= 15 is 0 Å². The lowest BCUT2D eigenvalue weighted by molar-refractivity contribution is -0.384. The second kappa shape index (κ2) is 19.1. The van der Waals surface area contributed by atoms with Gasteiger partial charge in [0, 0.05) is 79.1 Å². The van der Waals surface area contributed by atoms with Gasteiger partial charge in [0.25, 0.3) is 21.6 Å². The summed E-state index contributed by atoms with van der Waals surface area (Å²) in [6.07, 6.45) is 9.32. The van der Waals surface area contributed by atoms with Crippen molar-refractivity contribution in [3.05, 3.63) is 111 Å². The summed E-state index contributed by atoms with van der Waals surface area (Å²) in [5, 5.41) is 17.2. The first-order valence-electron chi connectivity index (χ1n) is 23.6. The molecular weight excluding hydrogens is 940 g/mol. The predicted octanol–water partition coefficient (Wildman–Crippen LogP) is 10.3. The van der Waals surface area contributed by atoms with Crippen molar-refractivity contribution in [2.24, 2.45) is 11.3 Å². The number of fused-ring (bicyclic) bond motifs is 2. The van der Waals surface area contributed by atoms with E-state index in [-0.39, 0.29) is 33.9 Å². The summed E-state index contributed by atoms with van der Waals surface area (Å²) in [4.78, 5) is 40.4. The molecule has 2 aliphatic carbocycles. The number of nitro benzene ring substituents is 1. The molecule has 68 heavy (non-hydrogen) atoms. The van der Waals surface area contributed by atoms with E-state index in [1.165, 1.54) is 40.3 Å². The van der Waals surface area contributed by atoms with Crippen LogP contribution in [0.15, 0.2) is 89.5 Å². The van der Waals surface area contributed by atoms with Gasteiger partial charge in [0.05, 0.1) is 31.7 Å². The molecule has 1 spiro atoms. The first-order chi connectivity index (χ1) is 32.7. The van der Waals surface area contributed by atoms with Gasteiger partial charge in [-0.25, -0.2) is 13.1 Å². The summed E-state index contributed by atoms with van der Waals surface area (Å²) in [5.74, 6) is 2.27. The number of hydrogen-bond acceptors (Lipinski definition) is 13. The molecule has 5 aromatic rings. The molecule has 1 saturated carbocycles. The minimum atomic E-state index is -4.56. The average molecular weight is 998 g/mol. The van der Waals surface area contributed by atoms with Crippen molar-refractivity contribution < 1.29 is 22.9 Å². The molecule has 3 aromatic carbocycles. The Morgan fingerprint density at radius 3 is 2.47 bits per heavy atom. The minimum Gasteiger partial charge on any atom is -0.474 e. The van der Waals surface area contributed by atoms with E-state index in [1.54, 1.807) is 12.3 Å². The number of carbonyl (C=O) groups is 1. The van der Waals surface area contributed by atoms with E-state index in [0.29, 0.717) is 46.0 Å². The van der Waals surface area contributed by atoms with Gasteiger partial charge < -0.3 is 24.8 Å². The largest absolute Gasteiger partial charge is 0.474 e. The molecule has 0 bridgehead atoms. The summed E-state index contributed by atoms with van der Waals surface area (Å²) in [6.45, 7) is 9.98. The third-order valence-electron chi connectivity index (χ3n) is 14.3. The average Bonchev–Trinajstić information content (AvgIpc) is 4.00. The Kier molecular flexibility index (Phi) is 13.1. The van der Waals surface area contributed by atoms with Gasteiger partial charge in [-0.1, -0.05) is 43.2 Å². The number of aromatic nitrogens is 2. The van der Waals surface area contributed by atoms with Crippen molar-refractivity contribution >= 4 is 96.1 Å². The number of halogens is 1. The number of thioether (sulfide) groups is 2. The first-order valence-corrected chi connectivity index (χ1v) is 27.4. The number of hydrogen-bond donors (Lipinski definition) is 3. The van der Waals surface area contributed by atoms with Crippen LogP contribution in [0, 0.1) is 21.4 Å². The van der Waals surface area contributed by atoms with Gasteiger partial charge in [-0.2, -0.15) is 4.98 Å². The van der Waals surface area contributed by atoms with Crippen molar-refractivity contribution in [2.75, 3.05) is 79.0 Å². The third-order valence-corrected chi connectivity index (χ3v) is 19.6. The number of nitrogens with one attached hydrogen (secondary N) is 3. The van der Waals surface area contributed by atoms with E-state index in [9.17, 15) is 23.3 Å². The molecule has 2 aromatic heterocycles. The number of anilines is 4. The molecule has 2 saturated heterocycles. The number of ether oxygens (including phenoxy) is 1. The minimum absolute atomic E-state index is 0.122. The zero-order valence-corrected chi connectivity index (χ0v) is 41.6. The lowest BCUT2D eigenvalue weighted by atomic mass is 9.72. The van der Waals surface area contributed by atoms with Crippen LogP contribution in [0.25, 0.3) is 16.6 Å². The molecule has 1 amide bonds. The fourth-order valence-corrected chi connectivity index (χ4v) is 14.9. The highest BCUT2D eigenvalue weighted by atomic mass is 35.5. The van der Waals surface area contributed by atoms with Gasteiger partial charge in [0.15, 0.2) is 0 Å². The van der Waals surface area contributed by atoms with Crippen molar-refractivity contribution in [3.63, 3.8) is 0 Å². The maximum Gasteiger partial charge on any atom is 0.293 e. The molecule has 5 heterocycles. The molecule has 3 fully saturated rings. The van der Waals surface area contributed by atoms with Crippen molar-refractivity contribution in [2.45, 2.75) is 67.8 Å². The molecule has 0 unspecified atom stereocenters. The summed E-state index contributed by atoms with van der Waals surface area (Å²) < 4.78 is 36.6. The number of H-pyrrole nitrogens is 1. The lowest BCUT2D eigenvalue weighted by Crippen LogP contribution is -2.47. The highest BCUT2D eigenvalue weighted by Crippen LogP contribution is 2.54. The number of carbonyl (C=O) groups excluding carboxylic acids is 1. The van der Waals surface area contributed by atoms with E-state index < -0.39 is 20.9 Å². The molecule has 3 N–H and O–H groups in total. The number of aromatic amines is 1. The van der Waals surface area contributed by atoms with Crippen LogP contribution in [0.4, 0.5) is 28.4 Å². The summed E-state index contributed by atoms with van der Waals surface area (Å²) >= 11 is 10.4. The SMILES string of the molecule is CC1(C)CCC(CN2CCN(c3ccc(C(=O)NS(=O)(=O)c4ccc(NCC5CCC6(CC5)SCCS6)c([N+](=O)[O-])c4)c(N4CCOc5nc6[nH]ccc6cc54)c3)CC2)=C(c2ccc(Cl)cc2)C1. The van der Waals surface area contributed by atoms with Crippen molar-refractivity contribution in [1.29, 1.82) is 0 Å². The quantitative estimate of drug-likeness (QED) is 0.0799. The van der Waals surface area contributed by atoms with E-state index in [0.717, 1.165) is 99.8 Å². The van der Waals surface area contributed by atoms with Gasteiger partial charge in [-0.05, 0) is 122 Å². The molecule has 358 valence electrons. The first kappa shape index (κ1) is 46.8. The van der Waals surface area contributed by atoms with Crippen LogP contribution in [0.2, 0.25) is 5.02 Å². The number of nitro groups is 1. The highest BCUT2D eigenvalue weighted by Gasteiger charge is 2.39. The van der Waals surface area contributed by atoms with E-state index in [1.807, 2.05) is 41.3 Å². The van der Waals surface area contributed by atoms with Gasteiger partial charge in [0.2, 0.25) is 5.88 Å². The number of nitrogens with zero attached hydrogens (tertiary/aromatic N) is 5. The van der Waals surface area contributed by atoms with Crippen molar-refractivity contribution in [3.8, 4) is 5.88 Å². The Morgan fingerprint density at radius 2 is 1.72 bits per heavy atom. The van der Waals surface area contributed by atoms with Gasteiger partial charge in [0.1, 0.15) is 23.6 Å². The Labute approximate surface area is 411 Å². The topological polar surface area (TPSA) is 166 Å². The Bertz CT molecular complexity index is 2870. The molecule has 0 radical (unpaired) electrons. The number of benzene rings is 3. The smallest absolute Gasteiger partial charge is 0.293 e. The fourth-order valence-electron chi connectivity index (χ4n) is 10.5. The lowest BCUT2D eigenvalue weighted by Gasteiger charge is -2.39. The molecule has 5 aliphatic rings. The van der Waals surface area contributed by atoms with Crippen molar-refractivity contribution in [1.82, 2.24) is 19.6 Å². The zero-order chi connectivity index (χ0) is 47.2. The van der Waals surface area contributed by atoms with Gasteiger partial charge >= 0.3 is 0 Å². The maximum absolute atomic E-state index is 14.4. The second-order valence-corrected chi connectivity index (χ2v) is 24.8. The molecule has 10 rings (SSSR count). The number of rotatable bonds is 12. The van der Waals surface area contributed by atoms with Crippen LogP contribution < -0.4 is 24.6 Å². The number of allylic oxidation sites excluding steroid dienone is 1. The number of pyridine rings is 1. The normalized spacial score (nSPS) is 19.8. The number of amides is 1. The molecule has 18 heteroatoms. The highest BCUT2D eigenvalue weighted by molar-refractivity contribution is 8.21. The summed E-state index contributed by atoms with van der Waals surface area (Å²) in [7, 11) is -4.56. The Balaban J connectivity index is 0.885. The number of sulfonamides is 1. The van der Waals surface area contributed by atoms with Crippen LogP contribution in [0.1, 0.15) is 74.7 Å². The molecular formula is C50H57ClN8O6S3. The van der Waals surface area contributed by atoms with Crippen LogP contribution in [-0.2, 0) is 10.0 Å². The maximum atomic E-state index is 14.4. The molecule has 0 atom stereocenters. The Hall–Kier alpha value is -4.94. The monoisotopic (exact) mass is 996 g/mol. The van der Waals surface area contributed by atoms with Crippen LogP contribution >= 0.6 is 35.1 Å². The standard InChI is InChI=1S/C50H57ClN8O6S3/c1-49(2)15-13-36(41(30-49)34-3-5-37(51)6-4-34)32-56-19-21-57(22-20-56)38-7-9-40(43(28-38)58-23-24-65-48-45(58)27-35-14-18-52-46(35)54-48)47(60)55-68(63,64)39-8-10-42(44(29-39)59(61)62)53-31-33-11-16-50(17-12-33)66-25-26-67-50/h3-10,14,18,27-29,33,53H,11-13,15-17,19-26,30-32H2,1-2H3,(H,52,54)(H,55,60). The predicted molar refractivity (Wildman–Crippen MR) is 276 cm³/mol. The van der Waals surface area contributed by atoms with E-state index in [4.69, 9.17) is 21.3 Å². The van der Waals surface area contributed by atoms with Crippen LogP contribution in [0.5, 0.6) is 5.88 Å². The second-order valence-electron chi connectivity index (χ2n) is 19.4. The summed E-state index contributed by atoms with van der Waals surface area (Å²) in [5.41, 5.74) is 7.06. The Morgan fingerprint density at radius 1 is 0.956 bits per heavy atom. The summed E-state index contributed by atoms with van der Waals surface area (Å²) in [6, 6.07) is 21.3. The van der Waals surface area contributed by atoms with Crippen LogP contribution in [-0.4, -0.2) is 102 Å². The fraction of sp³-hybridized carbons (Fsp3) is 0.440. The zero-order valence-electron chi connectivity index (χ0n) is 38.4. The molecule has 14 nitrogen and oxygen atoms in total. The van der Waals surface area contributed by atoms with E-state index in [2.05, 4.69) is 74.3 Å². The number of piperazine rings is 1. The third kappa shape index (κ3) is 9.91.